The van der Waals surface area contributed by atoms with Gasteiger partial charge in [-0.15, -0.1) is 0 Å². The van der Waals surface area contributed by atoms with Crippen LogP contribution in [-0.4, -0.2) is 53.2 Å². The second-order valence-corrected chi connectivity index (χ2v) is 8.11. The number of alkyl halides is 2. The Labute approximate surface area is 211 Å². The first kappa shape index (κ1) is 26.2. The number of amides is 1. The molecule has 2 aromatic carbocycles. The topological polar surface area (TPSA) is 93.3 Å². The lowest BCUT2D eigenvalue weighted by Gasteiger charge is -2.29. The molecule has 0 fully saturated rings. The van der Waals surface area contributed by atoms with Crippen molar-refractivity contribution in [3.05, 3.63) is 58.1 Å². The first-order chi connectivity index (χ1) is 16.8. The van der Waals surface area contributed by atoms with E-state index in [2.05, 4.69) is 20.1 Å². The Morgan fingerprint density at radius 3 is 2.71 bits per heavy atom. The number of carbonyl (C=O) groups excluding carboxylic acids is 1. The summed E-state index contributed by atoms with van der Waals surface area (Å²) in [5.41, 5.74) is 1.44. The van der Waals surface area contributed by atoms with Crippen LogP contribution in [0.15, 0.2) is 52.6 Å². The summed E-state index contributed by atoms with van der Waals surface area (Å²) in [5.74, 6) is -0.111. The molecule has 3 rings (SSSR count). The number of nitrogens with zero attached hydrogens (tertiary/aromatic N) is 5. The predicted octanol–water partition coefficient (Wildman–Crippen LogP) is 5.00. The summed E-state index contributed by atoms with van der Waals surface area (Å²) in [7, 11) is 0. The molecule has 0 saturated heterocycles. The van der Waals surface area contributed by atoms with E-state index in [-0.39, 0.29) is 29.8 Å². The summed E-state index contributed by atoms with van der Waals surface area (Å²) in [6.07, 6.45) is 2.11. The molecule has 1 N–H and O–H groups in total. The van der Waals surface area contributed by atoms with Crippen molar-refractivity contribution in [2.24, 2.45) is 10.1 Å². The summed E-state index contributed by atoms with van der Waals surface area (Å²) < 4.78 is 29.6. The van der Waals surface area contributed by atoms with Gasteiger partial charge in [-0.1, -0.05) is 42.3 Å². The Morgan fingerprint density at radius 1 is 1.31 bits per heavy atom. The van der Waals surface area contributed by atoms with Crippen LogP contribution in [0.4, 0.5) is 14.5 Å². The van der Waals surface area contributed by atoms with Crippen LogP contribution in [0.5, 0.6) is 5.75 Å². The number of nitrogens with one attached hydrogen (secondary N) is 1. The lowest BCUT2D eigenvalue weighted by molar-refractivity contribution is -0.131. The van der Waals surface area contributed by atoms with Crippen LogP contribution in [0.3, 0.4) is 0 Å². The van der Waals surface area contributed by atoms with E-state index in [1.807, 2.05) is 13.1 Å². The molecule has 0 aromatic heterocycles. The largest absolute Gasteiger partial charge is 0.435 e. The number of ether oxygens (including phenoxy) is 1. The molecule has 1 atom stereocenters. The monoisotopic (exact) mass is 522 g/mol. The van der Waals surface area contributed by atoms with Crippen molar-refractivity contribution in [3.63, 3.8) is 0 Å². The van der Waals surface area contributed by atoms with Crippen LogP contribution >= 0.6 is 23.2 Å². The number of nitriles is 1. The van der Waals surface area contributed by atoms with Crippen LogP contribution in [0.1, 0.15) is 25.8 Å². The van der Waals surface area contributed by atoms with Crippen LogP contribution in [0.25, 0.3) is 0 Å². The van der Waals surface area contributed by atoms with Gasteiger partial charge in [0, 0.05) is 24.6 Å². The second kappa shape index (κ2) is 11.8. The number of carbonyl (C=O) groups is 1. The van der Waals surface area contributed by atoms with Crippen molar-refractivity contribution in [2.45, 2.75) is 32.9 Å². The Kier molecular flexibility index (Phi) is 8.84. The molecule has 12 heteroatoms. The first-order valence-electron chi connectivity index (χ1n) is 10.7. The Hall–Kier alpha value is -3.42. The fraction of sp³-hybridized carbons (Fsp3) is 0.304. The van der Waals surface area contributed by atoms with Crippen LogP contribution in [0.2, 0.25) is 10.0 Å². The zero-order chi connectivity index (χ0) is 25.5. The van der Waals surface area contributed by atoms with Gasteiger partial charge in [0.15, 0.2) is 6.19 Å². The highest BCUT2D eigenvalue weighted by Gasteiger charge is 2.36. The van der Waals surface area contributed by atoms with E-state index in [9.17, 15) is 18.8 Å². The lowest BCUT2D eigenvalue weighted by Crippen LogP contribution is -2.47. The van der Waals surface area contributed by atoms with E-state index >= 15 is 0 Å². The second-order valence-electron chi connectivity index (χ2n) is 7.29. The molecule has 1 aliphatic rings. The van der Waals surface area contributed by atoms with Gasteiger partial charge in [0.25, 0.3) is 0 Å². The molecule has 35 heavy (non-hydrogen) atoms. The third-order valence-corrected chi connectivity index (χ3v) is 5.87. The number of halogens is 4. The molecule has 0 spiro atoms. The number of guanidine groups is 1. The van der Waals surface area contributed by atoms with Crippen molar-refractivity contribution >= 4 is 46.5 Å². The third kappa shape index (κ3) is 6.38. The molecule has 1 amide bonds. The fourth-order valence-corrected chi connectivity index (χ4v) is 3.90. The Morgan fingerprint density at radius 2 is 2.09 bits per heavy atom. The molecule has 0 aliphatic carbocycles. The van der Waals surface area contributed by atoms with E-state index in [1.165, 1.54) is 23.2 Å². The predicted molar refractivity (Wildman–Crippen MR) is 130 cm³/mol. The fourth-order valence-electron chi connectivity index (χ4n) is 3.60. The molecular formula is C23H22Cl2F2N6O2. The van der Waals surface area contributed by atoms with E-state index in [0.29, 0.717) is 34.3 Å². The quantitative estimate of drug-likeness (QED) is 0.239. The van der Waals surface area contributed by atoms with Crippen molar-refractivity contribution in [1.82, 2.24) is 15.2 Å². The van der Waals surface area contributed by atoms with Crippen molar-refractivity contribution in [2.75, 3.05) is 13.1 Å². The highest BCUT2D eigenvalue weighted by atomic mass is 35.5. The summed E-state index contributed by atoms with van der Waals surface area (Å²) in [5, 5.41) is 18.6. The molecule has 1 unspecified atom stereocenters. The zero-order valence-electron chi connectivity index (χ0n) is 18.9. The highest BCUT2D eigenvalue weighted by Crippen LogP contribution is 2.28. The van der Waals surface area contributed by atoms with E-state index in [1.54, 1.807) is 36.1 Å². The van der Waals surface area contributed by atoms with Gasteiger partial charge in [-0.3, -0.25) is 10.1 Å². The van der Waals surface area contributed by atoms with Crippen molar-refractivity contribution < 1.29 is 18.3 Å². The third-order valence-electron chi connectivity index (χ3n) is 5.14. The average molecular weight is 523 g/mol. The SMILES string of the molecule is CCC(=O)N(CC)C1CN(C(=Nc2cccc(OC(F)F)c2)NC#N)N=C1c1ccc(Cl)c(Cl)c1. The normalized spacial score (nSPS) is 15.6. The summed E-state index contributed by atoms with van der Waals surface area (Å²) in [6.45, 7) is 1.26. The van der Waals surface area contributed by atoms with Gasteiger partial charge < -0.3 is 9.64 Å². The minimum atomic E-state index is -2.99. The maximum Gasteiger partial charge on any atom is 0.387 e. The number of hydrogen-bond acceptors (Lipinski definition) is 5. The van der Waals surface area contributed by atoms with E-state index in [4.69, 9.17) is 23.2 Å². The van der Waals surface area contributed by atoms with E-state index < -0.39 is 12.7 Å². The van der Waals surface area contributed by atoms with E-state index in [0.717, 1.165) is 0 Å². The van der Waals surface area contributed by atoms with Gasteiger partial charge in [-0.2, -0.15) is 19.1 Å². The van der Waals surface area contributed by atoms with Gasteiger partial charge >= 0.3 is 6.61 Å². The molecule has 184 valence electrons. The number of benzene rings is 2. The average Bonchev–Trinajstić information content (AvgIpc) is 3.25. The van der Waals surface area contributed by atoms with Crippen LogP contribution in [0, 0.1) is 11.5 Å². The minimum Gasteiger partial charge on any atom is -0.435 e. The number of hydrazone groups is 1. The highest BCUT2D eigenvalue weighted by molar-refractivity contribution is 6.42. The maximum absolute atomic E-state index is 12.7. The van der Waals surface area contributed by atoms with Crippen molar-refractivity contribution in [1.29, 1.82) is 5.26 Å². The molecular weight excluding hydrogens is 501 g/mol. The summed E-state index contributed by atoms with van der Waals surface area (Å²) in [4.78, 5) is 18.7. The first-order valence-corrected chi connectivity index (χ1v) is 11.4. The number of likely N-dealkylation sites (N-methyl/N-ethyl adjacent to an activating group) is 1. The van der Waals surface area contributed by atoms with Gasteiger partial charge in [0.2, 0.25) is 11.9 Å². The molecule has 1 aliphatic heterocycles. The number of aliphatic imine (C=N–C) groups is 1. The lowest BCUT2D eigenvalue weighted by atomic mass is 10.0. The molecule has 0 saturated carbocycles. The smallest absolute Gasteiger partial charge is 0.387 e. The van der Waals surface area contributed by atoms with Gasteiger partial charge in [-0.25, -0.2) is 10.0 Å². The van der Waals surface area contributed by atoms with Crippen LogP contribution in [-0.2, 0) is 4.79 Å². The van der Waals surface area contributed by atoms with Gasteiger partial charge in [0.05, 0.1) is 34.0 Å². The summed E-state index contributed by atoms with van der Waals surface area (Å²) >= 11 is 12.3. The number of hydrogen-bond donors (Lipinski definition) is 1. The van der Waals surface area contributed by atoms with Gasteiger partial charge in [0.1, 0.15) is 5.75 Å². The zero-order valence-corrected chi connectivity index (χ0v) is 20.4. The molecule has 0 bridgehead atoms. The van der Waals surface area contributed by atoms with Gasteiger partial charge in [-0.05, 0) is 31.2 Å². The molecule has 1 heterocycles. The Balaban J connectivity index is 2.04. The molecule has 2 aromatic rings. The summed E-state index contributed by atoms with van der Waals surface area (Å²) in [6, 6.07) is 10.3. The molecule has 8 nitrogen and oxygen atoms in total. The van der Waals surface area contributed by atoms with Crippen molar-refractivity contribution in [3.8, 4) is 11.9 Å². The van der Waals surface area contributed by atoms with Crippen LogP contribution < -0.4 is 10.1 Å². The standard InChI is InChI=1S/C23H22Cl2F2N6O2/c1-3-20(34)32(4-2)19-12-33(31-21(19)14-8-9-17(24)18(25)10-14)23(29-13-28)30-15-6-5-7-16(11-15)35-22(26)27/h5-11,19,22H,3-4,12H2,1-2H3,(H,29,30). The number of rotatable bonds is 7. The Bertz CT molecular complexity index is 1180. The minimum absolute atomic E-state index is 0.0433. The maximum atomic E-state index is 12.7. The molecule has 0 radical (unpaired) electrons.